The third kappa shape index (κ3) is 12.4. The van der Waals surface area contributed by atoms with Crippen LogP contribution in [0.3, 0.4) is 0 Å². The van der Waals surface area contributed by atoms with Crippen LogP contribution in [0.15, 0.2) is 24.3 Å². The first kappa shape index (κ1) is 35.0. The summed E-state index contributed by atoms with van der Waals surface area (Å²) in [7, 11) is 0. The van der Waals surface area contributed by atoms with E-state index in [9.17, 15) is 14.4 Å². The number of carbonyl (C=O) groups excluding carboxylic acids is 3. The summed E-state index contributed by atoms with van der Waals surface area (Å²) in [4.78, 5) is 42.8. The van der Waals surface area contributed by atoms with Crippen LogP contribution < -0.4 is 10.6 Å². The van der Waals surface area contributed by atoms with E-state index in [4.69, 9.17) is 11.2 Å². The first-order valence-corrected chi connectivity index (χ1v) is 14.9. The van der Waals surface area contributed by atoms with Crippen LogP contribution in [-0.2, 0) is 14.3 Å². The van der Waals surface area contributed by atoms with Gasteiger partial charge in [0.25, 0.3) is 0 Å². The average Bonchev–Trinajstić information content (AvgIpc) is 2.86. The van der Waals surface area contributed by atoms with Gasteiger partial charge in [0, 0.05) is 18.2 Å². The molecule has 2 N–H and O–H groups in total. The molecule has 0 aromatic heterocycles. The van der Waals surface area contributed by atoms with E-state index < -0.39 is 23.8 Å². The van der Waals surface area contributed by atoms with Gasteiger partial charge in [0.1, 0.15) is 17.7 Å². The summed E-state index contributed by atoms with van der Waals surface area (Å²) in [5.41, 5.74) is 0.664. The van der Waals surface area contributed by atoms with Gasteiger partial charge in [0.05, 0.1) is 0 Å². The van der Waals surface area contributed by atoms with Crippen LogP contribution in [0, 0.1) is 24.2 Å². The number of nitrogens with zero attached hydrogens (tertiary/aromatic N) is 1. The van der Waals surface area contributed by atoms with Gasteiger partial charge in [-0.05, 0) is 82.9 Å². The quantitative estimate of drug-likeness (QED) is 0.188. The van der Waals surface area contributed by atoms with E-state index in [1.54, 1.807) is 37.8 Å². The summed E-state index contributed by atoms with van der Waals surface area (Å²) >= 11 is 0. The molecular weight excluding hydrogens is 502 g/mol. The Morgan fingerprint density at radius 2 is 1.60 bits per heavy atom. The lowest BCUT2D eigenvalue weighted by atomic mass is 9.95. The zero-order valence-electron chi connectivity index (χ0n) is 26.3. The summed E-state index contributed by atoms with van der Waals surface area (Å²) in [5.74, 6) is 2.63. The normalized spacial score (nSPS) is 13.8. The molecule has 0 aliphatic heterocycles. The molecular formula is C33H53N3O4. The highest BCUT2D eigenvalue weighted by molar-refractivity contribution is 5.92. The largest absolute Gasteiger partial charge is 0.444 e. The number of carbonyl (C=O) groups is 3. The molecule has 1 rings (SSSR count). The van der Waals surface area contributed by atoms with Gasteiger partial charge in [0.2, 0.25) is 11.8 Å². The molecule has 0 fully saturated rings. The molecule has 3 unspecified atom stereocenters. The second-order valence-corrected chi connectivity index (χ2v) is 12.6. The molecule has 0 aliphatic carbocycles. The molecule has 1 aromatic carbocycles. The molecule has 0 saturated heterocycles. The predicted octanol–water partition coefficient (Wildman–Crippen LogP) is 6.61. The van der Waals surface area contributed by atoms with E-state index in [0.717, 1.165) is 25.7 Å². The lowest BCUT2D eigenvalue weighted by Gasteiger charge is -2.39. The van der Waals surface area contributed by atoms with Gasteiger partial charge in [0.15, 0.2) is 0 Å². The summed E-state index contributed by atoms with van der Waals surface area (Å²) in [6.45, 7) is 18.2. The fourth-order valence-corrected chi connectivity index (χ4v) is 4.52. The molecule has 7 heteroatoms. The van der Waals surface area contributed by atoms with E-state index in [-0.39, 0.29) is 23.8 Å². The highest BCUT2D eigenvalue weighted by Gasteiger charge is 2.39. The van der Waals surface area contributed by atoms with Crippen molar-refractivity contribution in [1.82, 2.24) is 15.5 Å². The second-order valence-electron chi connectivity index (χ2n) is 12.6. The van der Waals surface area contributed by atoms with Gasteiger partial charge in [-0.2, -0.15) is 0 Å². The topological polar surface area (TPSA) is 87.7 Å². The van der Waals surface area contributed by atoms with Crippen molar-refractivity contribution in [1.29, 1.82) is 0 Å². The number of hydrogen-bond acceptors (Lipinski definition) is 4. The van der Waals surface area contributed by atoms with Crippen molar-refractivity contribution in [2.24, 2.45) is 11.8 Å². The molecule has 0 saturated carbocycles. The van der Waals surface area contributed by atoms with Crippen molar-refractivity contribution in [2.75, 3.05) is 6.54 Å². The van der Waals surface area contributed by atoms with E-state index in [2.05, 4.69) is 37.3 Å². The molecule has 0 spiro atoms. The number of unbranched alkanes of at least 4 members (excludes halogenated alkanes) is 2. The first-order valence-electron chi connectivity index (χ1n) is 14.9. The number of amides is 3. The molecule has 3 amide bonds. The molecule has 0 aliphatic rings. The van der Waals surface area contributed by atoms with E-state index in [1.165, 1.54) is 0 Å². The Balaban J connectivity index is 3.59. The van der Waals surface area contributed by atoms with Gasteiger partial charge in [-0.1, -0.05) is 65.5 Å². The lowest BCUT2D eigenvalue weighted by molar-refractivity contribution is -0.145. The average molecular weight is 556 g/mol. The molecule has 40 heavy (non-hydrogen) atoms. The van der Waals surface area contributed by atoms with Crippen LogP contribution in [0.25, 0.3) is 0 Å². The third-order valence-corrected chi connectivity index (χ3v) is 6.59. The maximum Gasteiger partial charge on any atom is 0.408 e. The molecule has 3 atom stereocenters. The summed E-state index contributed by atoms with van der Waals surface area (Å²) in [5, 5.41) is 5.88. The van der Waals surface area contributed by atoms with Crippen LogP contribution in [0.5, 0.6) is 0 Å². The fourth-order valence-electron chi connectivity index (χ4n) is 4.52. The Kier molecular flexibility index (Phi) is 14.8. The van der Waals surface area contributed by atoms with Crippen LogP contribution in [0.4, 0.5) is 4.79 Å². The van der Waals surface area contributed by atoms with Gasteiger partial charge in [-0.3, -0.25) is 9.59 Å². The smallest absolute Gasteiger partial charge is 0.408 e. The maximum absolute atomic E-state index is 14.4. The summed E-state index contributed by atoms with van der Waals surface area (Å²) < 4.78 is 5.49. The number of hydrogen-bond donors (Lipinski definition) is 2. The molecule has 0 radical (unpaired) electrons. The maximum atomic E-state index is 14.4. The summed E-state index contributed by atoms with van der Waals surface area (Å²) in [6.07, 6.45) is 9.85. The van der Waals surface area contributed by atoms with Crippen LogP contribution in [0.1, 0.15) is 118 Å². The van der Waals surface area contributed by atoms with Crippen molar-refractivity contribution in [3.8, 4) is 12.3 Å². The summed E-state index contributed by atoms with van der Waals surface area (Å²) in [6, 6.07) is 5.23. The zero-order valence-corrected chi connectivity index (χ0v) is 26.3. The number of ether oxygens (including phenoxy) is 1. The van der Waals surface area contributed by atoms with Crippen LogP contribution in [0.2, 0.25) is 0 Å². The number of nitrogens with one attached hydrogen (secondary N) is 2. The van der Waals surface area contributed by atoms with Crippen molar-refractivity contribution >= 4 is 17.9 Å². The number of alkyl carbamates (subject to hydrolysis) is 1. The number of terminal acetylenes is 1. The minimum atomic E-state index is -0.877. The Labute approximate surface area is 243 Å². The van der Waals surface area contributed by atoms with Crippen molar-refractivity contribution < 1.29 is 19.1 Å². The van der Waals surface area contributed by atoms with Gasteiger partial charge in [-0.25, -0.2) is 4.79 Å². The second kappa shape index (κ2) is 16.9. The fraction of sp³-hybridized carbons (Fsp3) is 0.667. The third-order valence-electron chi connectivity index (χ3n) is 6.59. The monoisotopic (exact) mass is 555 g/mol. The van der Waals surface area contributed by atoms with Crippen LogP contribution >= 0.6 is 0 Å². The molecule has 0 bridgehead atoms. The van der Waals surface area contributed by atoms with Crippen LogP contribution in [-0.4, -0.2) is 47.0 Å². The molecule has 224 valence electrons. The Bertz CT molecular complexity index is 973. The zero-order chi connectivity index (χ0) is 30.5. The lowest BCUT2D eigenvalue weighted by Crippen LogP contribution is -2.56. The van der Waals surface area contributed by atoms with Crippen molar-refractivity contribution in [3.05, 3.63) is 35.4 Å². The molecule has 7 nitrogen and oxygen atoms in total. The minimum absolute atomic E-state index is 0.118. The molecule has 0 heterocycles. The highest BCUT2D eigenvalue weighted by atomic mass is 16.6. The van der Waals surface area contributed by atoms with Crippen molar-refractivity contribution in [3.63, 3.8) is 0 Å². The van der Waals surface area contributed by atoms with E-state index in [0.29, 0.717) is 36.4 Å². The first-order chi connectivity index (χ1) is 18.7. The van der Waals surface area contributed by atoms with Gasteiger partial charge < -0.3 is 20.3 Å². The number of rotatable bonds is 15. The SMILES string of the molecule is C#Cc1ccc(C(C(=O)NCCCCC)N(C(=O)C(CC(C)C)NC(=O)OC(C)(C)C)C(C)CCC(C)C)cc1. The Morgan fingerprint density at radius 3 is 2.10 bits per heavy atom. The van der Waals surface area contributed by atoms with Gasteiger partial charge >= 0.3 is 6.09 Å². The number of benzene rings is 1. The highest BCUT2D eigenvalue weighted by Crippen LogP contribution is 2.29. The van der Waals surface area contributed by atoms with Crippen molar-refractivity contribution in [2.45, 2.75) is 125 Å². The standard InChI is InChI=1S/C33H53N3O4/c1-11-13-14-21-34-30(37)29(27-19-17-26(12-2)18-20-27)36(25(7)16-15-23(3)4)31(38)28(22-24(5)6)35-32(39)40-33(8,9)10/h2,17-20,23-25,28-29H,11,13-16,21-22H2,1,3-10H3,(H,34,37)(H,35,39). The van der Waals surface area contributed by atoms with Gasteiger partial charge in [-0.15, -0.1) is 6.42 Å². The van der Waals surface area contributed by atoms with E-state index in [1.807, 2.05) is 32.9 Å². The van der Waals surface area contributed by atoms with E-state index >= 15 is 0 Å². The Morgan fingerprint density at radius 1 is 0.975 bits per heavy atom. The minimum Gasteiger partial charge on any atom is -0.444 e. The molecule has 1 aromatic rings. The predicted molar refractivity (Wildman–Crippen MR) is 163 cm³/mol. The Hall–Kier alpha value is -3.01.